The van der Waals surface area contributed by atoms with E-state index in [-0.39, 0.29) is 17.1 Å². The third-order valence-corrected chi connectivity index (χ3v) is 5.12. The minimum absolute atomic E-state index is 0.279. The summed E-state index contributed by atoms with van der Waals surface area (Å²) in [7, 11) is 0. The van der Waals surface area contributed by atoms with Crippen molar-refractivity contribution < 1.29 is 19.2 Å². The van der Waals surface area contributed by atoms with Gasteiger partial charge in [-0.3, -0.25) is 20.2 Å². The molecule has 0 unspecified atom stereocenters. The largest absolute Gasteiger partial charge is 0.381 e. The zero-order valence-corrected chi connectivity index (χ0v) is 18.5. The molecule has 0 saturated carbocycles. The maximum Gasteiger partial charge on any atom is 0.347 e. The number of unbranched alkanes of at least 4 members (excludes halogenated alkanes) is 5. The van der Waals surface area contributed by atoms with Gasteiger partial charge in [0, 0.05) is 48.4 Å². The van der Waals surface area contributed by atoms with Gasteiger partial charge >= 0.3 is 5.69 Å². The van der Waals surface area contributed by atoms with E-state index in [1.54, 1.807) is 23.0 Å². The fraction of sp³-hybridized carbons (Fsp3) is 0.500. The summed E-state index contributed by atoms with van der Waals surface area (Å²) in [6, 6.07) is 7.37. The molecule has 1 aromatic heterocycles. The van der Waals surface area contributed by atoms with Crippen LogP contribution in [0.25, 0.3) is 16.1 Å². The first-order valence-corrected chi connectivity index (χ1v) is 11.0. The zero-order valence-electron chi connectivity index (χ0n) is 18.5. The minimum Gasteiger partial charge on any atom is -0.381 e. The topological polar surface area (TPSA) is 148 Å². The second kappa shape index (κ2) is 14.5. The number of rotatable bonds is 16. The Morgan fingerprint density at radius 3 is 2.42 bits per heavy atom. The van der Waals surface area contributed by atoms with E-state index in [2.05, 4.69) is 10.0 Å². The van der Waals surface area contributed by atoms with Crippen molar-refractivity contribution in [3.05, 3.63) is 79.0 Å². The summed E-state index contributed by atoms with van der Waals surface area (Å²) in [4.78, 5) is 23.8. The van der Waals surface area contributed by atoms with Crippen molar-refractivity contribution in [3.63, 3.8) is 0 Å². The van der Waals surface area contributed by atoms with Gasteiger partial charge in [-0.2, -0.15) is 4.57 Å². The molecule has 0 aliphatic rings. The molecule has 0 bridgehead atoms. The van der Waals surface area contributed by atoms with E-state index < -0.39 is 9.85 Å². The van der Waals surface area contributed by atoms with Crippen LogP contribution in [-0.4, -0.2) is 29.6 Å². The Morgan fingerprint density at radius 1 is 0.970 bits per heavy atom. The highest BCUT2D eigenvalue weighted by Crippen LogP contribution is 2.24. The molecular formula is C22H29N6O5+. The van der Waals surface area contributed by atoms with E-state index in [4.69, 9.17) is 10.3 Å². The second-order valence-electron chi connectivity index (χ2n) is 7.60. The van der Waals surface area contributed by atoms with Crippen LogP contribution in [0.5, 0.6) is 0 Å². The molecule has 11 heteroatoms. The lowest BCUT2D eigenvalue weighted by molar-refractivity contribution is -0.601. The summed E-state index contributed by atoms with van der Waals surface area (Å²) in [5.74, 6) is 0. The normalized spacial score (nSPS) is 10.5. The smallest absolute Gasteiger partial charge is 0.347 e. The Bertz CT molecular complexity index is 977. The number of nitro groups is 2. The first-order valence-electron chi connectivity index (χ1n) is 11.0. The second-order valence-corrected chi connectivity index (χ2v) is 7.60. The van der Waals surface area contributed by atoms with E-state index in [1.165, 1.54) is 12.1 Å². The van der Waals surface area contributed by atoms with Crippen molar-refractivity contribution in [3.8, 4) is 5.69 Å². The van der Waals surface area contributed by atoms with Gasteiger partial charge in [0.05, 0.1) is 9.85 Å². The van der Waals surface area contributed by atoms with Gasteiger partial charge in [0.2, 0.25) is 0 Å². The average Bonchev–Trinajstić information content (AvgIpc) is 2.81. The van der Waals surface area contributed by atoms with Gasteiger partial charge in [0.15, 0.2) is 12.4 Å². The number of non-ortho nitro benzene ring substituents is 1. The summed E-state index contributed by atoms with van der Waals surface area (Å²) in [5, 5.41) is 25.9. The lowest BCUT2D eigenvalue weighted by Gasteiger charge is -2.05. The summed E-state index contributed by atoms with van der Waals surface area (Å²) in [6.07, 6.45) is 11.5. The lowest BCUT2D eigenvalue weighted by atomic mass is 10.1. The Morgan fingerprint density at radius 2 is 1.70 bits per heavy atom. The third kappa shape index (κ3) is 9.22. The monoisotopic (exact) mass is 457 g/mol. The molecular weight excluding hydrogens is 428 g/mol. The van der Waals surface area contributed by atoms with E-state index in [0.29, 0.717) is 13.2 Å². The number of aromatic nitrogens is 1. The highest BCUT2D eigenvalue weighted by Gasteiger charge is 2.26. The molecule has 0 atom stereocenters. The molecule has 2 aromatic rings. The summed E-state index contributed by atoms with van der Waals surface area (Å²) in [5.41, 5.74) is 8.85. The van der Waals surface area contributed by atoms with Crippen LogP contribution in [0.3, 0.4) is 0 Å². The predicted molar refractivity (Wildman–Crippen MR) is 122 cm³/mol. The quantitative estimate of drug-likeness (QED) is 0.0631. The molecule has 0 fully saturated rings. The van der Waals surface area contributed by atoms with Crippen LogP contribution >= 0.6 is 0 Å². The number of benzene rings is 1. The van der Waals surface area contributed by atoms with Crippen LogP contribution in [0.15, 0.2) is 47.8 Å². The highest BCUT2D eigenvalue weighted by atomic mass is 16.6. The van der Waals surface area contributed by atoms with Gasteiger partial charge in [-0.25, -0.2) is 0 Å². The van der Waals surface area contributed by atoms with Crippen LogP contribution < -0.4 is 4.57 Å². The van der Waals surface area contributed by atoms with E-state index in [9.17, 15) is 20.2 Å². The van der Waals surface area contributed by atoms with Crippen LogP contribution in [-0.2, 0) is 11.2 Å². The van der Waals surface area contributed by atoms with Crippen molar-refractivity contribution >= 4 is 11.4 Å². The fourth-order valence-electron chi connectivity index (χ4n) is 3.43. The van der Waals surface area contributed by atoms with Gasteiger partial charge < -0.3 is 4.74 Å². The van der Waals surface area contributed by atoms with Gasteiger partial charge in [0.25, 0.3) is 11.4 Å². The number of aryl methyl sites for hydroxylation is 1. The van der Waals surface area contributed by atoms with Crippen molar-refractivity contribution in [2.24, 2.45) is 5.11 Å². The first kappa shape index (κ1) is 25.7. The SMILES string of the molecule is [N-]=[N+]=NCCCCCCCCOCCCc1ccc[n+](-c2ccc([N+](=O)[O-])cc2[N+](=O)[O-])c1. The van der Waals surface area contributed by atoms with Gasteiger partial charge in [-0.1, -0.05) is 30.8 Å². The molecule has 0 radical (unpaired) electrons. The maximum atomic E-state index is 11.4. The molecule has 33 heavy (non-hydrogen) atoms. The number of hydrogen-bond donors (Lipinski definition) is 0. The highest BCUT2D eigenvalue weighted by molar-refractivity contribution is 5.53. The average molecular weight is 458 g/mol. The Kier molecular flexibility index (Phi) is 11.3. The van der Waals surface area contributed by atoms with Crippen molar-refractivity contribution in [2.45, 2.75) is 51.4 Å². The number of pyridine rings is 1. The fourth-order valence-corrected chi connectivity index (χ4v) is 3.43. The van der Waals surface area contributed by atoms with Crippen LogP contribution in [0.4, 0.5) is 11.4 Å². The van der Waals surface area contributed by atoms with Crippen molar-refractivity contribution in [2.75, 3.05) is 19.8 Å². The number of nitro benzene ring substituents is 2. The Hall–Kier alpha value is -3.56. The van der Waals surface area contributed by atoms with E-state index >= 15 is 0 Å². The number of nitrogens with zero attached hydrogens (tertiary/aromatic N) is 6. The van der Waals surface area contributed by atoms with Crippen molar-refractivity contribution in [1.29, 1.82) is 0 Å². The Balaban J connectivity index is 1.73. The summed E-state index contributed by atoms with van der Waals surface area (Å²) in [6.45, 7) is 1.94. The molecule has 0 aliphatic heterocycles. The molecule has 0 amide bonds. The van der Waals surface area contributed by atoms with Crippen LogP contribution in [0.1, 0.15) is 50.5 Å². The minimum atomic E-state index is -0.646. The van der Waals surface area contributed by atoms with Gasteiger partial charge in [-0.15, -0.1) is 0 Å². The number of ether oxygens (including phenoxy) is 1. The van der Waals surface area contributed by atoms with Gasteiger partial charge in [-0.05, 0) is 37.3 Å². The summed E-state index contributed by atoms with van der Waals surface area (Å²) >= 11 is 0. The predicted octanol–water partition coefficient (Wildman–Crippen LogP) is 5.38. The molecule has 176 valence electrons. The summed E-state index contributed by atoms with van der Waals surface area (Å²) < 4.78 is 7.32. The molecule has 0 spiro atoms. The third-order valence-electron chi connectivity index (χ3n) is 5.12. The standard InChI is InChI=1S/C22H29N6O5/c23-25-24-13-5-3-1-2-4-6-15-33-16-8-10-19-9-7-14-26(18-19)21-12-11-20(27(29)30)17-22(21)28(31)32/h7,9,11-12,14,17-18H,1-6,8,10,13,15-16H2/q+1. The van der Waals surface area contributed by atoms with E-state index in [0.717, 1.165) is 69.6 Å². The maximum absolute atomic E-state index is 11.4. The molecule has 0 saturated heterocycles. The molecule has 11 nitrogen and oxygen atoms in total. The van der Waals surface area contributed by atoms with E-state index in [1.807, 2.05) is 6.07 Å². The van der Waals surface area contributed by atoms with Crippen LogP contribution in [0, 0.1) is 20.2 Å². The van der Waals surface area contributed by atoms with Crippen molar-refractivity contribution in [1.82, 2.24) is 0 Å². The zero-order chi connectivity index (χ0) is 23.9. The molecule has 0 aliphatic carbocycles. The molecule has 1 heterocycles. The van der Waals surface area contributed by atoms with Gasteiger partial charge in [0.1, 0.15) is 6.07 Å². The van der Waals surface area contributed by atoms with Crippen LogP contribution in [0.2, 0.25) is 0 Å². The number of azide groups is 1. The molecule has 0 N–H and O–H groups in total. The number of hydrogen-bond acceptors (Lipinski definition) is 6. The first-order chi connectivity index (χ1) is 16.0. The molecule has 1 aromatic carbocycles. The lowest BCUT2D eigenvalue weighted by Crippen LogP contribution is -2.31. The Labute approximate surface area is 191 Å². The molecule has 2 rings (SSSR count).